The average Bonchev–Trinajstić information content (AvgIpc) is 2.80. The number of aromatic nitrogens is 1. The van der Waals surface area contributed by atoms with Crippen molar-refractivity contribution in [1.29, 1.82) is 0 Å². The van der Waals surface area contributed by atoms with Crippen molar-refractivity contribution in [2.45, 2.75) is 9.79 Å². The summed E-state index contributed by atoms with van der Waals surface area (Å²) in [6.45, 7) is 0. The molecule has 0 radical (unpaired) electrons. The maximum atomic E-state index is 5.27. The zero-order valence-electron chi connectivity index (χ0n) is 8.46. The van der Waals surface area contributed by atoms with E-state index in [-0.39, 0.29) is 0 Å². The molecular weight excluding hydrogens is 218 g/mol. The molecule has 0 N–H and O–H groups in total. The molecule has 0 atom stereocenters. The Morgan fingerprint density at radius 2 is 1.88 bits per heavy atom. The summed E-state index contributed by atoms with van der Waals surface area (Å²) in [5, 5.41) is 1.07. The van der Waals surface area contributed by atoms with Crippen LogP contribution in [0.4, 0.5) is 0 Å². The largest absolute Gasteiger partial charge is 0.446 e. The summed E-state index contributed by atoms with van der Waals surface area (Å²) < 4.78 is 5.27. The monoisotopic (exact) mass is 227 g/mol. The van der Waals surface area contributed by atoms with E-state index in [1.54, 1.807) is 24.2 Å². The number of benzene rings is 1. The van der Waals surface area contributed by atoms with Gasteiger partial charge in [0.05, 0.1) is 11.6 Å². The first-order chi connectivity index (χ1) is 7.93. The fraction of sp³-hybridized carbons (Fsp3) is 0. The van der Waals surface area contributed by atoms with E-state index >= 15 is 0 Å². The third kappa shape index (κ3) is 1.70. The number of rotatable bonds is 2. The SMILES string of the molecule is c1ccc(Sc2ccnc3occc23)cc1. The van der Waals surface area contributed by atoms with Gasteiger partial charge in [-0.3, -0.25) is 0 Å². The van der Waals surface area contributed by atoms with E-state index in [2.05, 4.69) is 17.1 Å². The first-order valence-electron chi connectivity index (χ1n) is 4.98. The van der Waals surface area contributed by atoms with Gasteiger partial charge in [-0.05, 0) is 24.3 Å². The van der Waals surface area contributed by atoms with Crippen molar-refractivity contribution in [3.63, 3.8) is 0 Å². The Bertz CT molecular complexity index is 603. The fourth-order valence-electron chi connectivity index (χ4n) is 1.56. The molecular formula is C13H9NOS. The van der Waals surface area contributed by atoms with Gasteiger partial charge in [0.1, 0.15) is 0 Å². The summed E-state index contributed by atoms with van der Waals surface area (Å²) in [7, 11) is 0. The molecule has 0 saturated carbocycles. The predicted octanol–water partition coefficient (Wildman–Crippen LogP) is 3.98. The molecule has 0 bridgehead atoms. The highest BCUT2D eigenvalue weighted by molar-refractivity contribution is 7.99. The minimum atomic E-state index is 0.695. The predicted molar refractivity (Wildman–Crippen MR) is 64.6 cm³/mol. The summed E-state index contributed by atoms with van der Waals surface area (Å²) >= 11 is 1.72. The fourth-order valence-corrected chi connectivity index (χ4v) is 2.50. The Morgan fingerprint density at radius 1 is 1.00 bits per heavy atom. The third-order valence-corrected chi connectivity index (χ3v) is 3.38. The number of furan rings is 1. The normalized spacial score (nSPS) is 10.8. The van der Waals surface area contributed by atoms with Crippen LogP contribution in [0.15, 0.2) is 69.1 Å². The molecule has 0 spiro atoms. The molecule has 2 nitrogen and oxygen atoms in total. The highest BCUT2D eigenvalue weighted by Crippen LogP contribution is 2.32. The van der Waals surface area contributed by atoms with E-state index in [0.717, 1.165) is 5.39 Å². The lowest BCUT2D eigenvalue weighted by Gasteiger charge is -2.01. The van der Waals surface area contributed by atoms with E-state index < -0.39 is 0 Å². The number of hydrogen-bond donors (Lipinski definition) is 0. The molecule has 0 fully saturated rings. The van der Waals surface area contributed by atoms with Crippen molar-refractivity contribution in [2.75, 3.05) is 0 Å². The Balaban J connectivity index is 2.04. The van der Waals surface area contributed by atoms with Crippen molar-refractivity contribution in [3.8, 4) is 0 Å². The molecule has 0 aliphatic carbocycles. The van der Waals surface area contributed by atoms with Crippen molar-refractivity contribution < 1.29 is 4.42 Å². The summed E-state index contributed by atoms with van der Waals surface area (Å²) in [5.41, 5.74) is 0.695. The van der Waals surface area contributed by atoms with Crippen LogP contribution in [0.3, 0.4) is 0 Å². The van der Waals surface area contributed by atoms with Gasteiger partial charge in [0.2, 0.25) is 5.71 Å². The van der Waals surface area contributed by atoms with Crippen LogP contribution in [-0.4, -0.2) is 4.98 Å². The molecule has 0 aliphatic heterocycles. The highest BCUT2D eigenvalue weighted by atomic mass is 32.2. The maximum absolute atomic E-state index is 5.27. The van der Waals surface area contributed by atoms with E-state index in [9.17, 15) is 0 Å². The molecule has 16 heavy (non-hydrogen) atoms. The zero-order chi connectivity index (χ0) is 10.8. The van der Waals surface area contributed by atoms with Gasteiger partial charge in [-0.15, -0.1) is 0 Å². The van der Waals surface area contributed by atoms with Crippen molar-refractivity contribution >= 4 is 22.9 Å². The molecule has 3 aromatic rings. The van der Waals surface area contributed by atoms with Crippen molar-refractivity contribution in [1.82, 2.24) is 4.98 Å². The first-order valence-corrected chi connectivity index (χ1v) is 5.80. The van der Waals surface area contributed by atoms with Crippen LogP contribution >= 0.6 is 11.8 Å². The van der Waals surface area contributed by atoms with Gasteiger partial charge in [0.15, 0.2) is 0 Å². The second-order valence-electron chi connectivity index (χ2n) is 3.36. The second-order valence-corrected chi connectivity index (χ2v) is 4.48. The Kier molecular flexibility index (Phi) is 2.38. The minimum Gasteiger partial charge on any atom is -0.446 e. The quantitative estimate of drug-likeness (QED) is 0.662. The molecule has 2 heterocycles. The Morgan fingerprint density at radius 3 is 2.75 bits per heavy atom. The van der Waals surface area contributed by atoms with Crippen LogP contribution in [0.2, 0.25) is 0 Å². The van der Waals surface area contributed by atoms with Gasteiger partial charge >= 0.3 is 0 Å². The molecule has 0 aliphatic rings. The van der Waals surface area contributed by atoms with Crippen molar-refractivity contribution in [3.05, 3.63) is 54.9 Å². The molecule has 0 unspecified atom stereocenters. The summed E-state index contributed by atoms with van der Waals surface area (Å²) in [6, 6.07) is 14.2. The number of hydrogen-bond acceptors (Lipinski definition) is 3. The van der Waals surface area contributed by atoms with Crippen molar-refractivity contribution in [2.24, 2.45) is 0 Å². The Labute approximate surface area is 97.3 Å². The molecule has 0 saturated heterocycles. The molecule has 0 amide bonds. The summed E-state index contributed by atoms with van der Waals surface area (Å²) in [6.07, 6.45) is 3.45. The van der Waals surface area contributed by atoms with Gasteiger partial charge < -0.3 is 4.42 Å². The maximum Gasteiger partial charge on any atom is 0.226 e. The lowest BCUT2D eigenvalue weighted by Crippen LogP contribution is -1.77. The van der Waals surface area contributed by atoms with E-state index in [1.165, 1.54) is 9.79 Å². The minimum absolute atomic E-state index is 0.695. The molecule has 78 valence electrons. The Hall–Kier alpha value is -1.74. The number of pyridine rings is 1. The van der Waals surface area contributed by atoms with Crippen LogP contribution in [0, 0.1) is 0 Å². The topological polar surface area (TPSA) is 26.0 Å². The lowest BCUT2D eigenvalue weighted by molar-refractivity contribution is 0.603. The number of nitrogens with zero attached hydrogens (tertiary/aromatic N) is 1. The second kappa shape index (κ2) is 4.02. The summed E-state index contributed by atoms with van der Waals surface area (Å²) in [5.74, 6) is 0. The van der Waals surface area contributed by atoms with E-state index in [1.807, 2.05) is 30.3 Å². The van der Waals surface area contributed by atoms with Gasteiger partial charge in [-0.2, -0.15) is 0 Å². The van der Waals surface area contributed by atoms with Gasteiger partial charge in [0, 0.05) is 16.0 Å². The molecule has 2 aromatic heterocycles. The van der Waals surface area contributed by atoms with Crippen LogP contribution in [0.5, 0.6) is 0 Å². The molecule has 3 heteroatoms. The highest BCUT2D eigenvalue weighted by Gasteiger charge is 2.05. The van der Waals surface area contributed by atoms with Crippen LogP contribution in [-0.2, 0) is 0 Å². The van der Waals surface area contributed by atoms with E-state index in [0.29, 0.717) is 5.71 Å². The third-order valence-electron chi connectivity index (χ3n) is 2.30. The van der Waals surface area contributed by atoms with E-state index in [4.69, 9.17) is 4.42 Å². The molecule has 3 rings (SSSR count). The molecule has 1 aromatic carbocycles. The van der Waals surface area contributed by atoms with Gasteiger partial charge in [-0.1, -0.05) is 30.0 Å². The zero-order valence-corrected chi connectivity index (χ0v) is 9.28. The first kappa shape index (κ1) is 9.48. The van der Waals surface area contributed by atoms with Crippen LogP contribution in [0.1, 0.15) is 0 Å². The lowest BCUT2D eigenvalue weighted by atomic mass is 10.3. The van der Waals surface area contributed by atoms with Crippen LogP contribution < -0.4 is 0 Å². The smallest absolute Gasteiger partial charge is 0.226 e. The van der Waals surface area contributed by atoms with Gasteiger partial charge in [0.25, 0.3) is 0 Å². The number of fused-ring (bicyclic) bond motifs is 1. The summed E-state index contributed by atoms with van der Waals surface area (Å²) in [4.78, 5) is 6.55. The van der Waals surface area contributed by atoms with Crippen LogP contribution in [0.25, 0.3) is 11.1 Å². The average molecular weight is 227 g/mol. The van der Waals surface area contributed by atoms with Gasteiger partial charge in [-0.25, -0.2) is 4.98 Å². The standard InChI is InChI=1S/C13H9NOS/c1-2-4-10(5-3-1)16-12-6-8-14-13-11(12)7-9-15-13/h1-9H.